The van der Waals surface area contributed by atoms with Gasteiger partial charge in [0.2, 0.25) is 5.76 Å². The van der Waals surface area contributed by atoms with Crippen LogP contribution < -0.4 is 24.5 Å². The molecule has 0 fully saturated rings. The fourth-order valence-corrected chi connectivity index (χ4v) is 4.81. The Hall–Kier alpha value is -4.33. The molecule has 7 nitrogen and oxygen atoms in total. The molecule has 3 aromatic carbocycles. The van der Waals surface area contributed by atoms with Gasteiger partial charge in [-0.2, -0.15) is 0 Å². The Morgan fingerprint density at radius 3 is 2.36 bits per heavy atom. The number of unbranched alkanes of at least 4 members (excludes halogenated alkanes) is 1. The number of ether oxygens (including phenoxy) is 3. The molecule has 1 amide bonds. The molecule has 0 bridgehead atoms. The molecule has 0 saturated heterocycles. The molecule has 4 aromatic rings. The van der Waals surface area contributed by atoms with E-state index < -0.39 is 23.2 Å². The van der Waals surface area contributed by atoms with Crippen LogP contribution in [0.5, 0.6) is 17.2 Å². The second kappa shape index (κ2) is 11.2. The summed E-state index contributed by atoms with van der Waals surface area (Å²) in [5.41, 5.74) is 1.02. The van der Waals surface area contributed by atoms with E-state index in [0.717, 1.165) is 18.9 Å². The lowest BCUT2D eigenvalue weighted by molar-refractivity contribution is 0.0971. The van der Waals surface area contributed by atoms with Crippen LogP contribution in [0.3, 0.4) is 0 Å². The smallest absolute Gasteiger partial charge is 0.295 e. The zero-order valence-corrected chi connectivity index (χ0v) is 22.2. The molecule has 1 aromatic heterocycles. The molecule has 0 saturated carbocycles. The number of halogens is 1. The van der Waals surface area contributed by atoms with Gasteiger partial charge in [0, 0.05) is 5.69 Å². The average molecular weight is 532 g/mol. The maximum atomic E-state index is 14.1. The van der Waals surface area contributed by atoms with Gasteiger partial charge in [0.1, 0.15) is 17.1 Å². The molecule has 2 heterocycles. The van der Waals surface area contributed by atoms with Crippen molar-refractivity contribution in [3.8, 4) is 17.2 Å². The molecule has 1 unspecified atom stereocenters. The van der Waals surface area contributed by atoms with Crippen LogP contribution in [0.2, 0.25) is 0 Å². The number of amides is 1. The van der Waals surface area contributed by atoms with Crippen molar-refractivity contribution in [3.63, 3.8) is 0 Å². The van der Waals surface area contributed by atoms with Crippen molar-refractivity contribution in [2.24, 2.45) is 0 Å². The van der Waals surface area contributed by atoms with Crippen molar-refractivity contribution >= 4 is 22.6 Å². The highest BCUT2D eigenvalue weighted by atomic mass is 19.1. The van der Waals surface area contributed by atoms with Gasteiger partial charge in [-0.3, -0.25) is 14.5 Å². The Balaban J connectivity index is 1.69. The molecule has 39 heavy (non-hydrogen) atoms. The lowest BCUT2D eigenvalue weighted by atomic mass is 9.97. The minimum Gasteiger partial charge on any atom is -0.494 e. The molecule has 5 rings (SSSR count). The Morgan fingerprint density at radius 2 is 1.64 bits per heavy atom. The second-order valence-corrected chi connectivity index (χ2v) is 9.16. The van der Waals surface area contributed by atoms with Gasteiger partial charge in [-0.1, -0.05) is 19.4 Å². The second-order valence-electron chi connectivity index (χ2n) is 9.16. The van der Waals surface area contributed by atoms with E-state index in [0.29, 0.717) is 48.3 Å². The SMILES string of the molecule is CCCCOc1ccc(C2c3c(oc4ccc(F)cc4c3=O)C(=O)N2c2ccc(OCC)cc2)cc1OCC. The van der Waals surface area contributed by atoms with Crippen LogP contribution in [-0.2, 0) is 0 Å². The van der Waals surface area contributed by atoms with E-state index in [4.69, 9.17) is 18.6 Å². The first-order valence-corrected chi connectivity index (χ1v) is 13.2. The summed E-state index contributed by atoms with van der Waals surface area (Å²) in [4.78, 5) is 29.1. The Bertz CT molecular complexity index is 1560. The normalized spacial score (nSPS) is 14.5. The predicted molar refractivity (Wildman–Crippen MR) is 147 cm³/mol. The van der Waals surface area contributed by atoms with Crippen molar-refractivity contribution in [1.82, 2.24) is 0 Å². The van der Waals surface area contributed by atoms with Crippen LogP contribution in [0, 0.1) is 5.82 Å². The summed E-state index contributed by atoms with van der Waals surface area (Å²) in [5, 5.41) is 0.0737. The molecule has 1 aliphatic heterocycles. The van der Waals surface area contributed by atoms with Gasteiger partial charge >= 0.3 is 0 Å². The Kier molecular flexibility index (Phi) is 7.54. The molecular formula is C31H30FNO6. The third-order valence-corrected chi connectivity index (χ3v) is 6.60. The lowest BCUT2D eigenvalue weighted by Gasteiger charge is -2.26. The first kappa shape index (κ1) is 26.3. The molecular weight excluding hydrogens is 501 g/mol. The minimum atomic E-state index is -0.835. The average Bonchev–Trinajstić information content (AvgIpc) is 3.23. The summed E-state index contributed by atoms with van der Waals surface area (Å²) in [6.07, 6.45) is 1.89. The summed E-state index contributed by atoms with van der Waals surface area (Å²) < 4.78 is 37.5. The number of anilines is 1. The standard InChI is InChI=1S/C31H30FNO6/c1-4-7-16-38-25-14-8-19(17-26(25)37-6-3)28-27-29(34)23-18-20(32)9-15-24(23)39-30(27)31(35)33(28)21-10-12-22(13-11-21)36-5-2/h8-15,17-18,28H,4-7,16H2,1-3H3. The van der Waals surface area contributed by atoms with Gasteiger partial charge in [0.05, 0.1) is 36.8 Å². The number of carbonyl (C=O) groups is 1. The molecule has 1 aliphatic rings. The van der Waals surface area contributed by atoms with Gasteiger partial charge in [0.25, 0.3) is 5.91 Å². The van der Waals surface area contributed by atoms with Crippen LogP contribution in [0.1, 0.15) is 61.3 Å². The van der Waals surface area contributed by atoms with Crippen molar-refractivity contribution in [3.05, 3.63) is 93.6 Å². The van der Waals surface area contributed by atoms with E-state index in [2.05, 4.69) is 6.92 Å². The molecule has 0 N–H and O–H groups in total. The highest BCUT2D eigenvalue weighted by Gasteiger charge is 2.44. The van der Waals surface area contributed by atoms with Crippen LogP contribution in [-0.4, -0.2) is 25.7 Å². The number of hydrogen-bond donors (Lipinski definition) is 0. The largest absolute Gasteiger partial charge is 0.494 e. The molecule has 8 heteroatoms. The van der Waals surface area contributed by atoms with E-state index in [1.165, 1.54) is 17.0 Å². The zero-order valence-electron chi connectivity index (χ0n) is 22.2. The van der Waals surface area contributed by atoms with Crippen LogP contribution in [0.4, 0.5) is 10.1 Å². The Labute approximate surface area is 225 Å². The zero-order chi connectivity index (χ0) is 27.5. The number of nitrogens with zero attached hydrogens (tertiary/aromatic N) is 1. The highest BCUT2D eigenvalue weighted by molar-refractivity contribution is 6.10. The minimum absolute atomic E-state index is 0.0702. The molecule has 1 atom stereocenters. The highest BCUT2D eigenvalue weighted by Crippen LogP contribution is 2.43. The monoisotopic (exact) mass is 531 g/mol. The maximum Gasteiger partial charge on any atom is 0.295 e. The van der Waals surface area contributed by atoms with E-state index >= 15 is 0 Å². The molecule has 0 spiro atoms. The van der Waals surface area contributed by atoms with E-state index in [9.17, 15) is 14.0 Å². The fourth-order valence-electron chi connectivity index (χ4n) is 4.81. The third-order valence-electron chi connectivity index (χ3n) is 6.60. The van der Waals surface area contributed by atoms with Crippen LogP contribution in [0.15, 0.2) is 69.9 Å². The van der Waals surface area contributed by atoms with Gasteiger partial charge < -0.3 is 18.6 Å². The molecule has 202 valence electrons. The molecule has 0 radical (unpaired) electrons. The van der Waals surface area contributed by atoms with Crippen molar-refractivity contribution < 1.29 is 27.8 Å². The van der Waals surface area contributed by atoms with Gasteiger partial charge in [-0.15, -0.1) is 0 Å². The summed E-state index contributed by atoms with van der Waals surface area (Å²) in [7, 11) is 0. The van der Waals surface area contributed by atoms with E-state index in [1.807, 2.05) is 19.9 Å². The summed E-state index contributed by atoms with van der Waals surface area (Å²) >= 11 is 0. The summed E-state index contributed by atoms with van der Waals surface area (Å²) in [5.74, 6) is 0.646. The number of rotatable bonds is 10. The van der Waals surface area contributed by atoms with E-state index in [1.54, 1.807) is 36.4 Å². The summed E-state index contributed by atoms with van der Waals surface area (Å²) in [6, 6.07) is 15.3. The maximum absolute atomic E-state index is 14.1. The topological polar surface area (TPSA) is 78.2 Å². The summed E-state index contributed by atoms with van der Waals surface area (Å²) in [6.45, 7) is 7.30. The quantitative estimate of drug-likeness (QED) is 0.213. The first-order valence-electron chi connectivity index (χ1n) is 13.2. The van der Waals surface area contributed by atoms with Gasteiger partial charge in [0.15, 0.2) is 16.9 Å². The molecule has 0 aliphatic carbocycles. The number of fused-ring (bicyclic) bond motifs is 2. The van der Waals surface area contributed by atoms with Gasteiger partial charge in [-0.25, -0.2) is 4.39 Å². The van der Waals surface area contributed by atoms with Crippen molar-refractivity contribution in [2.45, 2.75) is 39.7 Å². The van der Waals surface area contributed by atoms with Crippen LogP contribution in [0.25, 0.3) is 11.0 Å². The van der Waals surface area contributed by atoms with Crippen LogP contribution >= 0.6 is 0 Å². The lowest BCUT2D eigenvalue weighted by Crippen LogP contribution is -2.29. The van der Waals surface area contributed by atoms with E-state index in [-0.39, 0.29) is 22.3 Å². The van der Waals surface area contributed by atoms with Crippen molar-refractivity contribution in [1.29, 1.82) is 0 Å². The van der Waals surface area contributed by atoms with Gasteiger partial charge in [-0.05, 0) is 80.4 Å². The first-order chi connectivity index (χ1) is 19.0. The number of carbonyl (C=O) groups excluding carboxylic acids is 1. The predicted octanol–water partition coefficient (Wildman–Crippen LogP) is 6.66. The number of hydrogen-bond acceptors (Lipinski definition) is 6. The number of benzene rings is 3. The Morgan fingerprint density at radius 1 is 0.872 bits per heavy atom. The van der Waals surface area contributed by atoms with Crippen molar-refractivity contribution in [2.75, 3.05) is 24.7 Å². The third kappa shape index (κ3) is 4.94. The fraction of sp³-hybridized carbons (Fsp3) is 0.290.